The highest BCUT2D eigenvalue weighted by molar-refractivity contribution is 7.90. The van der Waals surface area contributed by atoms with Crippen molar-refractivity contribution < 1.29 is 8.42 Å². The third-order valence-corrected chi connectivity index (χ3v) is 5.67. The molecule has 3 aromatic rings. The summed E-state index contributed by atoms with van der Waals surface area (Å²) in [5.41, 5.74) is 3.40. The van der Waals surface area contributed by atoms with Crippen LogP contribution in [-0.2, 0) is 9.84 Å². The summed E-state index contributed by atoms with van der Waals surface area (Å²) in [6.45, 7) is 5.72. The van der Waals surface area contributed by atoms with Gasteiger partial charge in [-0.05, 0) is 55.5 Å². The Balaban J connectivity index is 2.19. The highest BCUT2D eigenvalue weighted by atomic mass is 35.5. The summed E-state index contributed by atoms with van der Waals surface area (Å²) in [7, 11) is -3.26. The molecular formula is C23H21ClN2O2S. The summed E-state index contributed by atoms with van der Waals surface area (Å²) in [6.07, 6.45) is 10.6. The maximum absolute atomic E-state index is 11.8. The van der Waals surface area contributed by atoms with Gasteiger partial charge in [0, 0.05) is 34.3 Å². The van der Waals surface area contributed by atoms with Gasteiger partial charge in [0.2, 0.25) is 0 Å². The van der Waals surface area contributed by atoms with E-state index in [1.165, 1.54) is 6.26 Å². The highest BCUT2D eigenvalue weighted by Crippen LogP contribution is 2.28. The van der Waals surface area contributed by atoms with Crippen molar-refractivity contribution in [2.75, 3.05) is 6.26 Å². The second-order valence-electron chi connectivity index (χ2n) is 6.45. The number of allylic oxidation sites excluding steroid dienone is 5. The van der Waals surface area contributed by atoms with Gasteiger partial charge in [-0.15, -0.1) is 0 Å². The van der Waals surface area contributed by atoms with Gasteiger partial charge >= 0.3 is 0 Å². The highest BCUT2D eigenvalue weighted by Gasteiger charge is 2.14. The van der Waals surface area contributed by atoms with E-state index in [4.69, 9.17) is 16.6 Å². The van der Waals surface area contributed by atoms with Crippen LogP contribution >= 0.6 is 11.6 Å². The predicted octanol–water partition coefficient (Wildman–Crippen LogP) is 5.74. The first-order chi connectivity index (χ1) is 13.8. The number of aromatic nitrogens is 2. The Bertz CT molecular complexity index is 1190. The van der Waals surface area contributed by atoms with Crippen molar-refractivity contribution in [2.24, 2.45) is 0 Å². The van der Waals surface area contributed by atoms with Crippen molar-refractivity contribution in [1.82, 2.24) is 9.55 Å². The Morgan fingerprint density at radius 2 is 1.76 bits per heavy atom. The van der Waals surface area contributed by atoms with Crippen LogP contribution < -0.4 is 0 Å². The van der Waals surface area contributed by atoms with Crippen molar-refractivity contribution in [3.8, 4) is 17.1 Å². The van der Waals surface area contributed by atoms with Gasteiger partial charge in [-0.2, -0.15) is 0 Å². The molecule has 0 N–H and O–H groups in total. The lowest BCUT2D eigenvalue weighted by Gasteiger charge is -2.09. The van der Waals surface area contributed by atoms with Gasteiger partial charge in [-0.1, -0.05) is 42.5 Å². The normalized spacial score (nSPS) is 12.4. The largest absolute Gasteiger partial charge is 0.299 e. The van der Waals surface area contributed by atoms with Crippen molar-refractivity contribution in [3.63, 3.8) is 0 Å². The lowest BCUT2D eigenvalue weighted by molar-refractivity contribution is 0.602. The minimum absolute atomic E-state index is 0.274. The first kappa shape index (κ1) is 20.8. The van der Waals surface area contributed by atoms with E-state index in [9.17, 15) is 8.42 Å². The topological polar surface area (TPSA) is 52.0 Å². The Kier molecular flexibility index (Phi) is 6.20. The minimum Gasteiger partial charge on any atom is -0.299 e. The molecule has 0 bridgehead atoms. The van der Waals surface area contributed by atoms with Crippen LogP contribution in [0.1, 0.15) is 12.6 Å². The monoisotopic (exact) mass is 424 g/mol. The maximum atomic E-state index is 11.8. The molecular weight excluding hydrogens is 404 g/mol. The van der Waals surface area contributed by atoms with Crippen LogP contribution in [0, 0.1) is 0 Å². The lowest BCUT2D eigenvalue weighted by atomic mass is 10.1. The number of benzene rings is 2. The summed E-state index contributed by atoms with van der Waals surface area (Å²) in [6, 6.07) is 14.2. The molecule has 0 aliphatic rings. The summed E-state index contributed by atoms with van der Waals surface area (Å²) in [5, 5.41) is 0.644. The Labute approximate surface area is 176 Å². The third-order valence-electron chi connectivity index (χ3n) is 4.29. The van der Waals surface area contributed by atoms with Crippen LogP contribution in [0.4, 0.5) is 0 Å². The van der Waals surface area contributed by atoms with E-state index in [2.05, 4.69) is 6.58 Å². The van der Waals surface area contributed by atoms with Crippen LogP contribution in [-0.4, -0.2) is 24.2 Å². The van der Waals surface area contributed by atoms with Gasteiger partial charge in [0.1, 0.15) is 5.82 Å². The number of hydrogen-bond acceptors (Lipinski definition) is 3. The molecule has 3 rings (SSSR count). The standard InChI is InChI=1S/C23H21ClN2O2S/c1-4-6-17(7-5-2)22-16-26(20-12-14-21(15-13-20)29(3,27)28)23(25-22)18-8-10-19(24)11-9-18/h4-16H,1H2,2-3H3/b7-5-,17-6+. The van der Waals surface area contributed by atoms with Gasteiger partial charge in [0.05, 0.1) is 10.6 Å². The molecule has 2 aromatic carbocycles. The minimum atomic E-state index is -3.26. The molecule has 0 radical (unpaired) electrons. The van der Waals surface area contributed by atoms with Crippen LogP contribution in [0.3, 0.4) is 0 Å². The van der Waals surface area contributed by atoms with E-state index >= 15 is 0 Å². The smallest absolute Gasteiger partial charge is 0.175 e. The lowest BCUT2D eigenvalue weighted by Crippen LogP contribution is -1.99. The molecule has 29 heavy (non-hydrogen) atoms. The molecule has 0 unspecified atom stereocenters. The summed E-state index contributed by atoms with van der Waals surface area (Å²) < 4.78 is 25.5. The van der Waals surface area contributed by atoms with Crippen LogP contribution in [0.25, 0.3) is 22.6 Å². The number of imidazole rings is 1. The van der Waals surface area contributed by atoms with Gasteiger partial charge in [-0.3, -0.25) is 4.57 Å². The second kappa shape index (κ2) is 8.64. The fraction of sp³-hybridized carbons (Fsp3) is 0.0870. The summed E-state index contributed by atoms with van der Waals surface area (Å²) in [4.78, 5) is 5.10. The first-order valence-corrected chi connectivity index (χ1v) is 11.2. The van der Waals surface area contributed by atoms with E-state index in [-0.39, 0.29) is 4.90 Å². The molecule has 148 valence electrons. The van der Waals surface area contributed by atoms with Crippen LogP contribution in [0.2, 0.25) is 5.02 Å². The van der Waals surface area contributed by atoms with Crippen molar-refractivity contribution in [1.29, 1.82) is 0 Å². The molecule has 0 spiro atoms. The summed E-state index contributed by atoms with van der Waals surface area (Å²) >= 11 is 6.04. The second-order valence-corrected chi connectivity index (χ2v) is 8.90. The first-order valence-electron chi connectivity index (χ1n) is 8.95. The number of rotatable bonds is 6. The quantitative estimate of drug-likeness (QED) is 0.474. The fourth-order valence-corrected chi connectivity index (χ4v) is 3.66. The zero-order valence-corrected chi connectivity index (χ0v) is 17.8. The van der Waals surface area contributed by atoms with E-state index in [0.29, 0.717) is 5.02 Å². The van der Waals surface area contributed by atoms with Gasteiger partial charge in [-0.25, -0.2) is 13.4 Å². The molecule has 0 aliphatic heterocycles. The molecule has 4 nitrogen and oxygen atoms in total. The van der Waals surface area contributed by atoms with Gasteiger partial charge in [0.25, 0.3) is 0 Å². The zero-order chi connectivity index (χ0) is 21.0. The van der Waals surface area contributed by atoms with E-state index in [1.807, 2.05) is 60.2 Å². The molecule has 0 atom stereocenters. The average molecular weight is 425 g/mol. The molecule has 1 aromatic heterocycles. The van der Waals surface area contributed by atoms with E-state index in [0.717, 1.165) is 28.3 Å². The number of halogens is 1. The Morgan fingerprint density at radius 1 is 1.10 bits per heavy atom. The van der Waals surface area contributed by atoms with Gasteiger partial charge < -0.3 is 0 Å². The van der Waals surface area contributed by atoms with E-state index in [1.54, 1.807) is 30.3 Å². The summed E-state index contributed by atoms with van der Waals surface area (Å²) in [5.74, 6) is 0.725. The average Bonchev–Trinajstić information content (AvgIpc) is 3.13. The fourth-order valence-electron chi connectivity index (χ4n) is 2.91. The van der Waals surface area contributed by atoms with Crippen molar-refractivity contribution in [3.05, 3.63) is 96.3 Å². The van der Waals surface area contributed by atoms with E-state index < -0.39 is 9.84 Å². The molecule has 0 aliphatic carbocycles. The molecule has 6 heteroatoms. The number of hydrogen-bond donors (Lipinski definition) is 0. The molecule has 0 saturated heterocycles. The molecule has 1 heterocycles. The Hall–Kier alpha value is -2.89. The van der Waals surface area contributed by atoms with Crippen LogP contribution in [0.15, 0.2) is 90.5 Å². The third kappa shape index (κ3) is 4.75. The van der Waals surface area contributed by atoms with Crippen LogP contribution in [0.5, 0.6) is 0 Å². The zero-order valence-electron chi connectivity index (χ0n) is 16.2. The predicted molar refractivity (Wildman–Crippen MR) is 120 cm³/mol. The molecule has 0 saturated carbocycles. The molecule has 0 fully saturated rings. The molecule has 0 amide bonds. The maximum Gasteiger partial charge on any atom is 0.175 e. The SMILES string of the molecule is C=C/C=C(\C=C/C)c1cn(-c2ccc(S(C)(=O)=O)cc2)c(-c2ccc(Cl)cc2)n1. The number of nitrogens with zero attached hydrogens (tertiary/aromatic N) is 2. The number of sulfone groups is 1. The Morgan fingerprint density at radius 3 is 2.31 bits per heavy atom. The van der Waals surface area contributed by atoms with Crippen molar-refractivity contribution in [2.45, 2.75) is 11.8 Å². The van der Waals surface area contributed by atoms with Crippen molar-refractivity contribution >= 4 is 27.0 Å². The van der Waals surface area contributed by atoms with Gasteiger partial charge in [0.15, 0.2) is 9.84 Å².